The third-order valence-corrected chi connectivity index (χ3v) is 4.39. The first-order valence-electron chi connectivity index (χ1n) is 9.51. The molecule has 0 radical (unpaired) electrons. The number of amides is 1. The molecule has 1 fully saturated rings. The number of hydrogen-bond donors (Lipinski definition) is 2. The molecule has 1 amide bonds. The maximum atomic E-state index is 12.1. The standard InChI is InChI=1S/C20H32N4O2/c1-5-11-26-18-8-6-7-16(12-18)13-22-20(21-4)23-17-9-10-24(14-17)19(25)15(2)3/h6-8,12,15,17H,5,9-11,13-14H2,1-4H3,(H2,21,22,23). The lowest BCUT2D eigenvalue weighted by Crippen LogP contribution is -2.45. The van der Waals surface area contributed by atoms with Crippen LogP contribution in [-0.2, 0) is 11.3 Å². The molecule has 1 aliphatic rings. The van der Waals surface area contributed by atoms with Crippen molar-refractivity contribution in [3.05, 3.63) is 29.8 Å². The molecule has 0 aliphatic carbocycles. The normalized spacial score (nSPS) is 17.5. The smallest absolute Gasteiger partial charge is 0.225 e. The number of ether oxygens (including phenoxy) is 1. The topological polar surface area (TPSA) is 66.0 Å². The van der Waals surface area contributed by atoms with Gasteiger partial charge in [-0.15, -0.1) is 0 Å². The van der Waals surface area contributed by atoms with Gasteiger partial charge in [0.25, 0.3) is 0 Å². The lowest BCUT2D eigenvalue weighted by molar-refractivity contribution is -0.133. The van der Waals surface area contributed by atoms with Crippen LogP contribution in [-0.4, -0.2) is 49.6 Å². The second kappa shape index (κ2) is 10.0. The largest absolute Gasteiger partial charge is 0.494 e. The molecule has 1 aliphatic heterocycles. The highest BCUT2D eigenvalue weighted by molar-refractivity contribution is 5.81. The van der Waals surface area contributed by atoms with Crippen LogP contribution in [0, 0.1) is 5.92 Å². The minimum atomic E-state index is 0.0494. The first-order chi connectivity index (χ1) is 12.5. The van der Waals surface area contributed by atoms with Crippen LogP contribution in [0.5, 0.6) is 5.75 Å². The molecule has 0 bridgehead atoms. The summed E-state index contributed by atoms with van der Waals surface area (Å²) in [4.78, 5) is 18.3. The van der Waals surface area contributed by atoms with Gasteiger partial charge in [0.2, 0.25) is 5.91 Å². The van der Waals surface area contributed by atoms with E-state index in [9.17, 15) is 4.79 Å². The van der Waals surface area contributed by atoms with E-state index in [2.05, 4.69) is 34.7 Å². The molecule has 1 aromatic rings. The van der Waals surface area contributed by atoms with Crippen LogP contribution in [0.15, 0.2) is 29.3 Å². The number of aliphatic imine (C=N–C) groups is 1. The van der Waals surface area contributed by atoms with Crippen LogP contribution in [0.25, 0.3) is 0 Å². The fourth-order valence-electron chi connectivity index (χ4n) is 2.98. The molecule has 144 valence electrons. The van der Waals surface area contributed by atoms with E-state index in [1.54, 1.807) is 7.05 Å². The zero-order valence-corrected chi connectivity index (χ0v) is 16.4. The van der Waals surface area contributed by atoms with Gasteiger partial charge in [-0.2, -0.15) is 0 Å². The minimum absolute atomic E-state index is 0.0494. The van der Waals surface area contributed by atoms with E-state index in [0.717, 1.165) is 49.8 Å². The molecule has 1 atom stereocenters. The van der Waals surface area contributed by atoms with Crippen molar-refractivity contribution < 1.29 is 9.53 Å². The summed E-state index contributed by atoms with van der Waals surface area (Å²) in [6.45, 7) is 8.93. The zero-order chi connectivity index (χ0) is 18.9. The Morgan fingerprint density at radius 2 is 2.23 bits per heavy atom. The van der Waals surface area contributed by atoms with Gasteiger partial charge in [0.15, 0.2) is 5.96 Å². The first kappa shape index (κ1) is 20.1. The highest BCUT2D eigenvalue weighted by Gasteiger charge is 2.27. The summed E-state index contributed by atoms with van der Waals surface area (Å²) in [6.07, 6.45) is 1.94. The number of likely N-dealkylation sites (tertiary alicyclic amines) is 1. The van der Waals surface area contributed by atoms with E-state index >= 15 is 0 Å². The van der Waals surface area contributed by atoms with Gasteiger partial charge in [0, 0.05) is 38.6 Å². The fourth-order valence-corrected chi connectivity index (χ4v) is 2.98. The van der Waals surface area contributed by atoms with E-state index in [4.69, 9.17) is 4.74 Å². The molecular weight excluding hydrogens is 328 g/mol. The van der Waals surface area contributed by atoms with Crippen LogP contribution in [0.3, 0.4) is 0 Å². The van der Waals surface area contributed by atoms with Crippen LogP contribution in [0.4, 0.5) is 0 Å². The highest BCUT2D eigenvalue weighted by Crippen LogP contribution is 2.14. The Bertz CT molecular complexity index is 616. The van der Waals surface area contributed by atoms with Crippen LogP contribution in [0.1, 0.15) is 39.2 Å². The third-order valence-electron chi connectivity index (χ3n) is 4.39. The van der Waals surface area contributed by atoms with Crippen molar-refractivity contribution in [1.82, 2.24) is 15.5 Å². The van der Waals surface area contributed by atoms with Gasteiger partial charge in [-0.3, -0.25) is 9.79 Å². The van der Waals surface area contributed by atoms with Crippen molar-refractivity contribution in [3.63, 3.8) is 0 Å². The Labute approximate surface area is 157 Å². The predicted octanol–water partition coefficient (Wildman–Crippen LogP) is 2.40. The lowest BCUT2D eigenvalue weighted by Gasteiger charge is -2.20. The first-order valence-corrected chi connectivity index (χ1v) is 9.51. The van der Waals surface area contributed by atoms with Crippen molar-refractivity contribution in [2.24, 2.45) is 10.9 Å². The molecule has 1 aromatic carbocycles. The molecule has 6 nitrogen and oxygen atoms in total. The van der Waals surface area contributed by atoms with E-state index in [1.165, 1.54) is 0 Å². The Hall–Kier alpha value is -2.24. The Morgan fingerprint density at radius 1 is 1.42 bits per heavy atom. The quantitative estimate of drug-likeness (QED) is 0.579. The number of carbonyl (C=O) groups excluding carboxylic acids is 1. The van der Waals surface area contributed by atoms with Crippen molar-refractivity contribution in [2.75, 3.05) is 26.7 Å². The summed E-state index contributed by atoms with van der Waals surface area (Å²) in [7, 11) is 1.77. The fraction of sp³-hybridized carbons (Fsp3) is 0.600. The summed E-state index contributed by atoms with van der Waals surface area (Å²) < 4.78 is 5.68. The number of carbonyl (C=O) groups is 1. The number of nitrogens with zero attached hydrogens (tertiary/aromatic N) is 2. The molecule has 2 rings (SSSR count). The molecule has 1 unspecified atom stereocenters. The second-order valence-electron chi connectivity index (χ2n) is 6.99. The van der Waals surface area contributed by atoms with Gasteiger partial charge in [-0.05, 0) is 30.5 Å². The molecule has 6 heteroatoms. The molecule has 2 N–H and O–H groups in total. The summed E-state index contributed by atoms with van der Waals surface area (Å²) in [5.74, 6) is 1.93. The van der Waals surface area contributed by atoms with Crippen molar-refractivity contribution >= 4 is 11.9 Å². The van der Waals surface area contributed by atoms with E-state index in [-0.39, 0.29) is 17.9 Å². The Balaban J connectivity index is 1.82. The molecule has 0 aromatic heterocycles. The van der Waals surface area contributed by atoms with Gasteiger partial charge in [-0.25, -0.2) is 0 Å². The summed E-state index contributed by atoms with van der Waals surface area (Å²) in [5.41, 5.74) is 1.14. The third kappa shape index (κ3) is 5.93. The van der Waals surface area contributed by atoms with Crippen LogP contribution in [0.2, 0.25) is 0 Å². The molecule has 26 heavy (non-hydrogen) atoms. The molecular formula is C20H32N4O2. The van der Waals surface area contributed by atoms with E-state index in [0.29, 0.717) is 6.54 Å². The van der Waals surface area contributed by atoms with Gasteiger partial charge in [0.05, 0.1) is 6.61 Å². The number of benzene rings is 1. The second-order valence-corrected chi connectivity index (χ2v) is 6.99. The summed E-state index contributed by atoms with van der Waals surface area (Å²) in [6, 6.07) is 8.34. The van der Waals surface area contributed by atoms with Crippen LogP contribution >= 0.6 is 0 Å². The molecule has 0 spiro atoms. The average Bonchev–Trinajstić information content (AvgIpc) is 3.11. The van der Waals surface area contributed by atoms with E-state index in [1.807, 2.05) is 30.9 Å². The summed E-state index contributed by atoms with van der Waals surface area (Å²) >= 11 is 0. The lowest BCUT2D eigenvalue weighted by atomic mass is 10.2. The monoisotopic (exact) mass is 360 g/mol. The number of nitrogens with one attached hydrogen (secondary N) is 2. The molecule has 0 saturated carbocycles. The number of rotatable bonds is 7. The maximum Gasteiger partial charge on any atom is 0.225 e. The van der Waals surface area contributed by atoms with Gasteiger partial charge in [0.1, 0.15) is 5.75 Å². The van der Waals surface area contributed by atoms with Gasteiger partial charge >= 0.3 is 0 Å². The molecule has 1 saturated heterocycles. The van der Waals surface area contributed by atoms with Gasteiger partial charge in [-0.1, -0.05) is 32.9 Å². The predicted molar refractivity (Wildman–Crippen MR) is 105 cm³/mol. The van der Waals surface area contributed by atoms with Crippen molar-refractivity contribution in [3.8, 4) is 5.75 Å². The van der Waals surface area contributed by atoms with Crippen molar-refractivity contribution in [1.29, 1.82) is 0 Å². The van der Waals surface area contributed by atoms with Gasteiger partial charge < -0.3 is 20.3 Å². The number of hydrogen-bond acceptors (Lipinski definition) is 3. The minimum Gasteiger partial charge on any atom is -0.494 e. The maximum absolute atomic E-state index is 12.1. The van der Waals surface area contributed by atoms with Crippen molar-refractivity contribution in [2.45, 2.75) is 46.2 Å². The SMILES string of the molecule is CCCOc1cccc(CNC(=NC)NC2CCN(C(=O)C(C)C)C2)c1. The van der Waals surface area contributed by atoms with E-state index < -0.39 is 0 Å². The summed E-state index contributed by atoms with van der Waals surface area (Å²) in [5, 5.41) is 6.76. The average molecular weight is 361 g/mol. The van der Waals surface area contributed by atoms with Crippen LogP contribution < -0.4 is 15.4 Å². The highest BCUT2D eigenvalue weighted by atomic mass is 16.5. The molecule has 1 heterocycles. The Kier molecular flexibility index (Phi) is 7.75. The Morgan fingerprint density at radius 3 is 2.92 bits per heavy atom. The number of guanidine groups is 1. The zero-order valence-electron chi connectivity index (χ0n) is 16.4.